The van der Waals surface area contributed by atoms with Gasteiger partial charge in [0.05, 0.1) is 0 Å². The molecule has 1 aliphatic heterocycles. The summed E-state index contributed by atoms with van der Waals surface area (Å²) in [5.74, 6) is 1.18. The SMILES string of the molecule is Oc1ccc(-c2sc3cc(O)ccc3c2C(O)c2ccc(OCCN3CCCC3)cc2)cc1. The molecule has 0 radical (unpaired) electrons. The zero-order chi connectivity index (χ0) is 22.8. The standard InChI is InChI=1S/C27H27NO4S/c29-20-7-3-19(4-8-20)27-25(23-12-9-21(30)17-24(23)33-27)26(31)18-5-10-22(11-6-18)32-16-15-28-13-1-2-14-28/h3-12,17,26,29-31H,1-2,13-16H2. The van der Waals surface area contributed by atoms with Crippen molar-refractivity contribution in [3.05, 3.63) is 77.9 Å². The molecule has 170 valence electrons. The molecule has 6 heteroatoms. The van der Waals surface area contributed by atoms with E-state index in [4.69, 9.17) is 4.74 Å². The van der Waals surface area contributed by atoms with Crippen LogP contribution in [0.4, 0.5) is 0 Å². The molecule has 0 amide bonds. The number of aromatic hydroxyl groups is 2. The van der Waals surface area contributed by atoms with Gasteiger partial charge in [-0.3, -0.25) is 4.90 Å². The first-order chi connectivity index (χ1) is 16.1. The van der Waals surface area contributed by atoms with E-state index in [9.17, 15) is 15.3 Å². The highest BCUT2D eigenvalue weighted by molar-refractivity contribution is 7.22. The van der Waals surface area contributed by atoms with E-state index in [2.05, 4.69) is 4.90 Å². The van der Waals surface area contributed by atoms with Crippen molar-refractivity contribution in [2.45, 2.75) is 18.9 Å². The fourth-order valence-corrected chi connectivity index (χ4v) is 5.69. The molecule has 0 spiro atoms. The Balaban J connectivity index is 1.41. The fraction of sp³-hybridized carbons (Fsp3) is 0.259. The van der Waals surface area contributed by atoms with Gasteiger partial charge in [0.25, 0.3) is 0 Å². The maximum absolute atomic E-state index is 11.4. The van der Waals surface area contributed by atoms with Crippen LogP contribution in [-0.4, -0.2) is 46.5 Å². The molecule has 0 saturated carbocycles. The van der Waals surface area contributed by atoms with Crippen molar-refractivity contribution in [3.63, 3.8) is 0 Å². The average Bonchev–Trinajstić information content (AvgIpc) is 3.47. The molecule has 3 N–H and O–H groups in total. The lowest BCUT2D eigenvalue weighted by Gasteiger charge is -2.16. The second-order valence-electron chi connectivity index (χ2n) is 8.44. The van der Waals surface area contributed by atoms with Gasteiger partial charge in [-0.05, 0) is 97.0 Å². The van der Waals surface area contributed by atoms with E-state index in [1.807, 2.05) is 42.5 Å². The van der Waals surface area contributed by atoms with Gasteiger partial charge in [0, 0.05) is 21.7 Å². The minimum atomic E-state index is -0.842. The molecule has 1 aromatic heterocycles. The molecule has 4 aromatic rings. The number of hydrogen-bond acceptors (Lipinski definition) is 6. The number of rotatable bonds is 7. The monoisotopic (exact) mass is 461 g/mol. The Bertz CT molecular complexity index is 1230. The molecule has 1 unspecified atom stereocenters. The number of aliphatic hydroxyl groups excluding tert-OH is 1. The Labute approximate surface area is 197 Å². The lowest BCUT2D eigenvalue weighted by Crippen LogP contribution is -2.25. The van der Waals surface area contributed by atoms with Gasteiger partial charge in [0.15, 0.2) is 0 Å². The van der Waals surface area contributed by atoms with Crippen molar-refractivity contribution in [3.8, 4) is 27.7 Å². The Morgan fingerprint density at radius 1 is 0.879 bits per heavy atom. The highest BCUT2D eigenvalue weighted by Crippen LogP contribution is 2.45. The van der Waals surface area contributed by atoms with Crippen molar-refractivity contribution < 1.29 is 20.1 Å². The molecule has 33 heavy (non-hydrogen) atoms. The minimum absolute atomic E-state index is 0.192. The molecule has 1 aliphatic rings. The van der Waals surface area contributed by atoms with Gasteiger partial charge >= 0.3 is 0 Å². The van der Waals surface area contributed by atoms with Crippen LogP contribution in [0.25, 0.3) is 20.5 Å². The summed E-state index contributed by atoms with van der Waals surface area (Å²) in [5.41, 5.74) is 2.47. The van der Waals surface area contributed by atoms with Crippen LogP contribution >= 0.6 is 11.3 Å². The summed E-state index contributed by atoms with van der Waals surface area (Å²) in [6.07, 6.45) is 1.70. The van der Waals surface area contributed by atoms with E-state index in [0.717, 1.165) is 57.0 Å². The van der Waals surface area contributed by atoms with Crippen LogP contribution in [0.5, 0.6) is 17.2 Å². The zero-order valence-corrected chi connectivity index (χ0v) is 19.1. The van der Waals surface area contributed by atoms with Crippen LogP contribution in [0.2, 0.25) is 0 Å². The van der Waals surface area contributed by atoms with Gasteiger partial charge < -0.3 is 20.1 Å². The number of benzene rings is 3. The Hall–Kier alpha value is -3.06. The van der Waals surface area contributed by atoms with Crippen LogP contribution in [0, 0.1) is 0 Å². The summed E-state index contributed by atoms with van der Waals surface area (Å²) in [4.78, 5) is 3.33. The van der Waals surface area contributed by atoms with Crippen molar-refractivity contribution in [1.29, 1.82) is 0 Å². The van der Waals surface area contributed by atoms with E-state index in [-0.39, 0.29) is 11.5 Å². The van der Waals surface area contributed by atoms with E-state index in [1.165, 1.54) is 24.2 Å². The highest BCUT2D eigenvalue weighted by Gasteiger charge is 2.22. The van der Waals surface area contributed by atoms with Crippen LogP contribution in [0.15, 0.2) is 66.7 Å². The highest BCUT2D eigenvalue weighted by atomic mass is 32.1. The third-order valence-electron chi connectivity index (χ3n) is 6.19. The topological polar surface area (TPSA) is 73.2 Å². The smallest absolute Gasteiger partial charge is 0.119 e. The van der Waals surface area contributed by atoms with Crippen LogP contribution in [-0.2, 0) is 0 Å². The fourth-order valence-electron chi connectivity index (χ4n) is 4.42. The van der Waals surface area contributed by atoms with Crippen molar-refractivity contribution in [2.75, 3.05) is 26.2 Å². The third-order valence-corrected chi connectivity index (χ3v) is 7.40. The summed E-state index contributed by atoms with van der Waals surface area (Å²) in [7, 11) is 0. The van der Waals surface area contributed by atoms with Gasteiger partial charge in [-0.1, -0.05) is 12.1 Å². The predicted octanol–water partition coefficient (Wildman–Crippen LogP) is 5.54. The quantitative estimate of drug-likeness (QED) is 0.337. The first-order valence-electron chi connectivity index (χ1n) is 11.3. The maximum Gasteiger partial charge on any atom is 0.119 e. The molecule has 0 bridgehead atoms. The number of hydrogen-bond donors (Lipinski definition) is 3. The number of phenols is 2. The molecule has 0 aliphatic carbocycles. The second-order valence-corrected chi connectivity index (χ2v) is 9.49. The molecule has 2 heterocycles. The van der Waals surface area contributed by atoms with Crippen LogP contribution in [0.3, 0.4) is 0 Å². The molecule has 5 nitrogen and oxygen atoms in total. The second kappa shape index (κ2) is 9.43. The van der Waals surface area contributed by atoms with Crippen LogP contribution in [0.1, 0.15) is 30.1 Å². The summed E-state index contributed by atoms with van der Waals surface area (Å²) in [5, 5.41) is 32.0. The molecular formula is C27H27NO4S. The number of phenolic OH excluding ortho intramolecular Hbond substituents is 2. The lowest BCUT2D eigenvalue weighted by atomic mass is 9.96. The van der Waals surface area contributed by atoms with Crippen molar-refractivity contribution in [2.24, 2.45) is 0 Å². The minimum Gasteiger partial charge on any atom is -0.508 e. The summed E-state index contributed by atoms with van der Waals surface area (Å²) in [6, 6.07) is 19.8. The van der Waals surface area contributed by atoms with Crippen molar-refractivity contribution in [1.82, 2.24) is 4.90 Å². The number of fused-ring (bicyclic) bond motifs is 1. The summed E-state index contributed by atoms with van der Waals surface area (Å²) in [6.45, 7) is 3.91. The average molecular weight is 462 g/mol. The van der Waals surface area contributed by atoms with Gasteiger partial charge in [-0.2, -0.15) is 0 Å². The first kappa shape index (κ1) is 21.8. The van der Waals surface area contributed by atoms with E-state index in [0.29, 0.717) is 6.61 Å². The Morgan fingerprint density at radius 3 is 2.30 bits per heavy atom. The zero-order valence-electron chi connectivity index (χ0n) is 18.3. The summed E-state index contributed by atoms with van der Waals surface area (Å²) < 4.78 is 6.81. The maximum atomic E-state index is 11.4. The number of ether oxygens (including phenoxy) is 1. The number of likely N-dealkylation sites (tertiary alicyclic amines) is 1. The van der Waals surface area contributed by atoms with Crippen LogP contribution < -0.4 is 4.74 Å². The molecule has 1 fully saturated rings. The number of thiophene rings is 1. The normalized spacial score (nSPS) is 15.2. The molecular weight excluding hydrogens is 434 g/mol. The lowest BCUT2D eigenvalue weighted by molar-refractivity contribution is 0.222. The van der Waals surface area contributed by atoms with E-state index >= 15 is 0 Å². The third kappa shape index (κ3) is 4.69. The Kier molecular flexibility index (Phi) is 6.22. The Morgan fingerprint density at radius 2 is 1.58 bits per heavy atom. The van der Waals surface area contributed by atoms with Gasteiger partial charge in [0.1, 0.15) is 30.0 Å². The number of nitrogens with zero attached hydrogens (tertiary/aromatic N) is 1. The first-order valence-corrected chi connectivity index (χ1v) is 12.1. The van der Waals surface area contributed by atoms with Gasteiger partial charge in [-0.15, -0.1) is 11.3 Å². The van der Waals surface area contributed by atoms with E-state index in [1.54, 1.807) is 24.3 Å². The summed E-state index contributed by atoms with van der Waals surface area (Å²) >= 11 is 1.52. The van der Waals surface area contributed by atoms with Gasteiger partial charge in [0.2, 0.25) is 0 Å². The van der Waals surface area contributed by atoms with Crippen molar-refractivity contribution >= 4 is 21.4 Å². The molecule has 1 saturated heterocycles. The molecule has 1 atom stereocenters. The molecule has 5 rings (SSSR count). The largest absolute Gasteiger partial charge is 0.508 e. The van der Waals surface area contributed by atoms with Gasteiger partial charge in [-0.25, -0.2) is 0 Å². The number of aliphatic hydroxyl groups is 1. The molecule has 3 aromatic carbocycles. The predicted molar refractivity (Wildman–Crippen MR) is 132 cm³/mol. The van der Waals surface area contributed by atoms with E-state index < -0.39 is 6.10 Å².